The number of nitrogens with two attached hydrogens (primary N) is 1. The number of amides is 2. The Morgan fingerprint density at radius 1 is 1.17 bits per heavy atom. The molecular formula is C23H24N2O3S. The SMILES string of the molecule is Cc1ccccc1OCCC(=O)N1CCC(c2c(C(N)=O)sc3ccccc23)C1. The zero-order valence-corrected chi connectivity index (χ0v) is 17.2. The van der Waals surface area contributed by atoms with Gasteiger partial charge in [-0.15, -0.1) is 11.3 Å². The van der Waals surface area contributed by atoms with E-state index in [1.807, 2.05) is 60.4 Å². The lowest BCUT2D eigenvalue weighted by Crippen LogP contribution is -2.29. The summed E-state index contributed by atoms with van der Waals surface area (Å²) < 4.78 is 6.83. The molecule has 2 aromatic carbocycles. The molecule has 1 aliphatic heterocycles. The summed E-state index contributed by atoms with van der Waals surface area (Å²) in [5, 5.41) is 1.08. The topological polar surface area (TPSA) is 72.6 Å². The van der Waals surface area contributed by atoms with Crippen molar-refractivity contribution in [2.45, 2.75) is 25.7 Å². The minimum absolute atomic E-state index is 0.0845. The van der Waals surface area contributed by atoms with Gasteiger partial charge in [-0.2, -0.15) is 0 Å². The van der Waals surface area contributed by atoms with Crippen molar-refractivity contribution in [3.63, 3.8) is 0 Å². The zero-order valence-electron chi connectivity index (χ0n) is 16.4. The Morgan fingerprint density at radius 2 is 1.93 bits per heavy atom. The summed E-state index contributed by atoms with van der Waals surface area (Å²) >= 11 is 1.44. The van der Waals surface area contributed by atoms with Crippen LogP contribution in [0.15, 0.2) is 48.5 Å². The van der Waals surface area contributed by atoms with Gasteiger partial charge in [0.2, 0.25) is 5.91 Å². The Kier molecular flexibility index (Phi) is 5.53. The van der Waals surface area contributed by atoms with Gasteiger partial charge >= 0.3 is 0 Å². The van der Waals surface area contributed by atoms with Gasteiger partial charge in [0.15, 0.2) is 0 Å². The number of para-hydroxylation sites is 1. The minimum Gasteiger partial charge on any atom is -0.493 e. The maximum Gasteiger partial charge on any atom is 0.259 e. The number of hydrogen-bond acceptors (Lipinski definition) is 4. The maximum atomic E-state index is 12.7. The lowest BCUT2D eigenvalue weighted by Gasteiger charge is -2.17. The molecule has 0 saturated carbocycles. The third-order valence-electron chi connectivity index (χ3n) is 5.47. The second-order valence-corrected chi connectivity index (χ2v) is 8.45. The Morgan fingerprint density at radius 3 is 2.72 bits per heavy atom. The van der Waals surface area contributed by atoms with Crippen molar-refractivity contribution < 1.29 is 14.3 Å². The highest BCUT2D eigenvalue weighted by atomic mass is 32.1. The summed E-state index contributed by atoms with van der Waals surface area (Å²) in [6.07, 6.45) is 1.18. The monoisotopic (exact) mass is 408 g/mol. The fraction of sp³-hybridized carbons (Fsp3) is 0.304. The molecular weight excluding hydrogens is 384 g/mol. The number of ether oxygens (including phenoxy) is 1. The molecule has 0 spiro atoms. The summed E-state index contributed by atoms with van der Waals surface area (Å²) in [4.78, 5) is 27.2. The summed E-state index contributed by atoms with van der Waals surface area (Å²) in [6, 6.07) is 15.8. The first-order valence-electron chi connectivity index (χ1n) is 9.82. The molecule has 1 aromatic heterocycles. The van der Waals surface area contributed by atoms with Gasteiger partial charge < -0.3 is 15.4 Å². The number of nitrogens with zero attached hydrogens (tertiary/aromatic N) is 1. The quantitative estimate of drug-likeness (QED) is 0.668. The average molecular weight is 409 g/mol. The van der Waals surface area contributed by atoms with Crippen LogP contribution in [0.1, 0.15) is 39.6 Å². The van der Waals surface area contributed by atoms with Crippen molar-refractivity contribution >= 4 is 33.2 Å². The Balaban J connectivity index is 1.42. The first-order chi connectivity index (χ1) is 14.0. The normalized spacial score (nSPS) is 16.3. The molecule has 2 N–H and O–H groups in total. The molecule has 2 amide bonds. The van der Waals surface area contributed by atoms with E-state index in [1.54, 1.807) is 0 Å². The maximum absolute atomic E-state index is 12.7. The lowest BCUT2D eigenvalue weighted by atomic mass is 9.95. The zero-order chi connectivity index (χ0) is 20.4. The molecule has 6 heteroatoms. The van der Waals surface area contributed by atoms with E-state index in [-0.39, 0.29) is 11.8 Å². The van der Waals surface area contributed by atoms with Gasteiger partial charge in [-0.05, 0) is 42.0 Å². The highest BCUT2D eigenvalue weighted by molar-refractivity contribution is 7.21. The smallest absolute Gasteiger partial charge is 0.259 e. The first-order valence-corrected chi connectivity index (χ1v) is 10.6. The molecule has 3 aromatic rings. The van der Waals surface area contributed by atoms with Gasteiger partial charge in [-0.25, -0.2) is 0 Å². The summed E-state index contributed by atoms with van der Waals surface area (Å²) in [5.41, 5.74) is 7.71. The number of hydrogen-bond donors (Lipinski definition) is 1. The van der Waals surface area contributed by atoms with Crippen LogP contribution in [0.25, 0.3) is 10.1 Å². The number of primary amides is 1. The fourth-order valence-electron chi connectivity index (χ4n) is 4.00. The first kappa shape index (κ1) is 19.5. The van der Waals surface area contributed by atoms with Crippen molar-refractivity contribution in [1.29, 1.82) is 0 Å². The Bertz CT molecular complexity index is 1060. The van der Waals surface area contributed by atoms with E-state index in [1.165, 1.54) is 11.3 Å². The van der Waals surface area contributed by atoms with Crippen LogP contribution >= 0.6 is 11.3 Å². The number of aryl methyl sites for hydroxylation is 1. The van der Waals surface area contributed by atoms with E-state index in [0.717, 1.165) is 33.4 Å². The molecule has 1 aliphatic rings. The second-order valence-electron chi connectivity index (χ2n) is 7.39. The molecule has 150 valence electrons. The molecule has 0 aliphatic carbocycles. The molecule has 1 fully saturated rings. The van der Waals surface area contributed by atoms with E-state index in [9.17, 15) is 9.59 Å². The van der Waals surface area contributed by atoms with E-state index in [2.05, 4.69) is 0 Å². The van der Waals surface area contributed by atoms with Crippen molar-refractivity contribution in [2.24, 2.45) is 5.73 Å². The molecule has 2 heterocycles. The van der Waals surface area contributed by atoms with Gasteiger partial charge in [0, 0.05) is 23.7 Å². The largest absolute Gasteiger partial charge is 0.493 e. The van der Waals surface area contributed by atoms with Crippen LogP contribution in [0, 0.1) is 6.92 Å². The number of benzene rings is 2. The van der Waals surface area contributed by atoms with Crippen LogP contribution in [0.5, 0.6) is 5.75 Å². The molecule has 5 nitrogen and oxygen atoms in total. The van der Waals surface area contributed by atoms with E-state index in [0.29, 0.717) is 31.0 Å². The van der Waals surface area contributed by atoms with Gasteiger partial charge in [0.25, 0.3) is 5.91 Å². The van der Waals surface area contributed by atoms with Crippen molar-refractivity contribution in [3.05, 3.63) is 64.5 Å². The second kappa shape index (κ2) is 8.25. The standard InChI is InChI=1S/C23H24N2O3S/c1-15-6-2-4-8-18(15)28-13-11-20(26)25-12-10-16(14-25)21-17-7-3-5-9-19(17)29-22(21)23(24)27/h2-9,16H,10-14H2,1H3,(H2,24,27). The van der Waals surface area contributed by atoms with Crippen LogP contribution in [0.2, 0.25) is 0 Å². The number of fused-ring (bicyclic) bond motifs is 1. The van der Waals surface area contributed by atoms with Gasteiger partial charge in [-0.3, -0.25) is 9.59 Å². The van der Waals surface area contributed by atoms with E-state index in [4.69, 9.17) is 10.5 Å². The number of rotatable bonds is 6. The molecule has 0 radical (unpaired) electrons. The molecule has 1 saturated heterocycles. The van der Waals surface area contributed by atoms with Crippen LogP contribution in [0.4, 0.5) is 0 Å². The lowest BCUT2D eigenvalue weighted by molar-refractivity contribution is -0.130. The molecule has 0 bridgehead atoms. The number of thiophene rings is 1. The van der Waals surface area contributed by atoms with Crippen LogP contribution < -0.4 is 10.5 Å². The predicted octanol–water partition coefficient (Wildman–Crippen LogP) is 4.09. The minimum atomic E-state index is -0.391. The molecule has 29 heavy (non-hydrogen) atoms. The Hall–Kier alpha value is -2.86. The fourth-order valence-corrected chi connectivity index (χ4v) is 5.14. The van der Waals surface area contributed by atoms with E-state index >= 15 is 0 Å². The van der Waals surface area contributed by atoms with E-state index < -0.39 is 5.91 Å². The van der Waals surface area contributed by atoms with Crippen molar-refractivity contribution in [1.82, 2.24) is 4.90 Å². The van der Waals surface area contributed by atoms with Crippen LogP contribution in [-0.4, -0.2) is 36.4 Å². The number of carbonyl (C=O) groups is 2. The summed E-state index contributed by atoms with van der Waals surface area (Å²) in [7, 11) is 0. The average Bonchev–Trinajstić information content (AvgIpc) is 3.34. The third kappa shape index (κ3) is 3.98. The molecule has 4 rings (SSSR count). The third-order valence-corrected chi connectivity index (χ3v) is 6.68. The van der Waals surface area contributed by atoms with Crippen LogP contribution in [0.3, 0.4) is 0 Å². The molecule has 1 atom stereocenters. The predicted molar refractivity (Wildman–Crippen MR) is 116 cm³/mol. The van der Waals surface area contributed by atoms with Crippen LogP contribution in [-0.2, 0) is 4.79 Å². The number of likely N-dealkylation sites (tertiary alicyclic amines) is 1. The van der Waals surface area contributed by atoms with Gasteiger partial charge in [-0.1, -0.05) is 36.4 Å². The Labute approximate surface area is 174 Å². The van der Waals surface area contributed by atoms with Crippen molar-refractivity contribution in [2.75, 3.05) is 19.7 Å². The highest BCUT2D eigenvalue weighted by Crippen LogP contribution is 2.40. The van der Waals surface area contributed by atoms with Crippen molar-refractivity contribution in [3.8, 4) is 5.75 Å². The summed E-state index contributed by atoms with van der Waals surface area (Å²) in [6.45, 7) is 3.66. The summed E-state index contributed by atoms with van der Waals surface area (Å²) in [5.74, 6) is 0.643. The molecule has 1 unspecified atom stereocenters. The highest BCUT2D eigenvalue weighted by Gasteiger charge is 2.31. The van der Waals surface area contributed by atoms with Gasteiger partial charge in [0.05, 0.1) is 17.9 Å². The number of carbonyl (C=O) groups excluding carboxylic acids is 2. The van der Waals surface area contributed by atoms with Gasteiger partial charge in [0.1, 0.15) is 5.75 Å².